The average molecular weight is 293 g/mol. The van der Waals surface area contributed by atoms with Crippen molar-refractivity contribution in [3.8, 4) is 0 Å². The summed E-state index contributed by atoms with van der Waals surface area (Å²) in [4.78, 5) is 4.52. The van der Waals surface area contributed by atoms with E-state index < -0.39 is 0 Å². The Labute approximate surface area is 123 Å². The average Bonchev–Trinajstić information content (AvgIpc) is 2.88. The molecule has 0 saturated carbocycles. The molecule has 0 saturated heterocycles. The Bertz CT molecular complexity index is 498. The first kappa shape index (κ1) is 14.5. The molecule has 0 amide bonds. The van der Waals surface area contributed by atoms with E-state index in [1.807, 2.05) is 13.1 Å². The summed E-state index contributed by atoms with van der Waals surface area (Å²) in [7, 11) is 2.01. The molecule has 2 atom stereocenters. The lowest BCUT2D eigenvalue weighted by atomic mass is 10.0. The maximum Gasteiger partial charge on any atom is 0.170 e. The molecule has 0 radical (unpaired) electrons. The van der Waals surface area contributed by atoms with Crippen LogP contribution in [0.5, 0.6) is 0 Å². The summed E-state index contributed by atoms with van der Waals surface area (Å²) in [5.74, 6) is 0.945. The third-order valence-corrected chi connectivity index (χ3v) is 4.99. The molecule has 5 heteroatoms. The Kier molecular flexibility index (Phi) is 5.36. The molecule has 2 unspecified atom stereocenters. The zero-order chi connectivity index (χ0) is 13.7. The van der Waals surface area contributed by atoms with Crippen LogP contribution in [0.1, 0.15) is 31.3 Å². The highest BCUT2D eigenvalue weighted by Gasteiger charge is 2.20. The monoisotopic (exact) mass is 293 g/mol. The first-order chi connectivity index (χ1) is 9.24. The molecule has 0 bridgehead atoms. The van der Waals surface area contributed by atoms with Gasteiger partial charge in [0, 0.05) is 17.7 Å². The Hall–Kier alpha value is -0.910. The van der Waals surface area contributed by atoms with Crippen LogP contribution in [0, 0.1) is 0 Å². The molecule has 102 valence electrons. The molecule has 0 aliphatic heterocycles. The van der Waals surface area contributed by atoms with Crippen LogP contribution in [0.2, 0.25) is 0 Å². The van der Waals surface area contributed by atoms with Gasteiger partial charge in [0.1, 0.15) is 5.82 Å². The first-order valence-electron chi connectivity index (χ1n) is 6.46. The van der Waals surface area contributed by atoms with Crippen LogP contribution in [-0.4, -0.2) is 21.7 Å². The lowest BCUT2D eigenvalue weighted by molar-refractivity contribution is 0.589. The van der Waals surface area contributed by atoms with E-state index in [0.29, 0.717) is 11.3 Å². The maximum atomic E-state index is 4.52. The standard InChI is InChI=1S/C14H19N3S2/c1-4-12-16-14(19-17-12)18-10(2)13(15-3)11-8-6-5-7-9-11/h5-10,13,15H,4H2,1-3H3. The van der Waals surface area contributed by atoms with Crippen LogP contribution >= 0.6 is 23.3 Å². The van der Waals surface area contributed by atoms with Gasteiger partial charge in [-0.3, -0.25) is 0 Å². The second kappa shape index (κ2) is 7.03. The van der Waals surface area contributed by atoms with Crippen molar-refractivity contribution in [1.82, 2.24) is 14.7 Å². The number of hydrogen-bond donors (Lipinski definition) is 1. The number of hydrogen-bond acceptors (Lipinski definition) is 5. The molecule has 2 rings (SSSR count). The molecule has 1 heterocycles. The van der Waals surface area contributed by atoms with Crippen LogP contribution < -0.4 is 5.32 Å². The minimum Gasteiger partial charge on any atom is -0.312 e. The SMILES string of the molecule is CCc1nsc(SC(C)C(NC)c2ccccc2)n1. The van der Waals surface area contributed by atoms with E-state index in [2.05, 4.69) is 52.8 Å². The third-order valence-electron chi connectivity index (χ3n) is 2.99. The van der Waals surface area contributed by atoms with E-state index in [-0.39, 0.29) is 0 Å². The molecule has 1 aromatic heterocycles. The lowest BCUT2D eigenvalue weighted by Gasteiger charge is -2.22. The van der Waals surface area contributed by atoms with Crippen molar-refractivity contribution in [2.75, 3.05) is 7.05 Å². The highest BCUT2D eigenvalue weighted by molar-refractivity contribution is 8.01. The van der Waals surface area contributed by atoms with Crippen molar-refractivity contribution in [1.29, 1.82) is 0 Å². The molecule has 0 aliphatic rings. The van der Waals surface area contributed by atoms with Gasteiger partial charge >= 0.3 is 0 Å². The molecular formula is C14H19N3S2. The molecule has 0 aliphatic carbocycles. The van der Waals surface area contributed by atoms with Crippen LogP contribution in [0.15, 0.2) is 34.7 Å². The minimum atomic E-state index is 0.320. The van der Waals surface area contributed by atoms with Crippen molar-refractivity contribution in [2.45, 2.75) is 35.9 Å². The molecule has 19 heavy (non-hydrogen) atoms. The van der Waals surface area contributed by atoms with Crippen LogP contribution in [0.25, 0.3) is 0 Å². The van der Waals surface area contributed by atoms with Crippen molar-refractivity contribution >= 4 is 23.3 Å². The van der Waals surface area contributed by atoms with Crippen molar-refractivity contribution in [3.05, 3.63) is 41.7 Å². The number of rotatable bonds is 6. The topological polar surface area (TPSA) is 37.8 Å². The van der Waals surface area contributed by atoms with Crippen molar-refractivity contribution < 1.29 is 0 Å². The molecular weight excluding hydrogens is 274 g/mol. The van der Waals surface area contributed by atoms with Gasteiger partial charge in [0.2, 0.25) is 0 Å². The van der Waals surface area contributed by atoms with Gasteiger partial charge in [0.25, 0.3) is 0 Å². The predicted octanol–water partition coefficient (Wildman–Crippen LogP) is 3.54. The summed E-state index contributed by atoms with van der Waals surface area (Å²) in [6, 6.07) is 10.9. The molecule has 2 aromatic rings. The van der Waals surface area contributed by atoms with Gasteiger partial charge in [0.05, 0.1) is 0 Å². The first-order valence-corrected chi connectivity index (χ1v) is 8.11. The highest BCUT2D eigenvalue weighted by Crippen LogP contribution is 2.32. The number of thioether (sulfide) groups is 1. The fourth-order valence-electron chi connectivity index (χ4n) is 1.99. The summed E-state index contributed by atoms with van der Waals surface area (Å²) in [5, 5.41) is 3.80. The van der Waals surface area contributed by atoms with Crippen molar-refractivity contribution in [3.63, 3.8) is 0 Å². The Morgan fingerprint density at radius 2 is 2.05 bits per heavy atom. The normalized spacial score (nSPS) is 14.3. The van der Waals surface area contributed by atoms with E-state index in [4.69, 9.17) is 0 Å². The largest absolute Gasteiger partial charge is 0.312 e. The molecule has 0 fully saturated rings. The summed E-state index contributed by atoms with van der Waals surface area (Å²) in [5.41, 5.74) is 1.31. The number of benzene rings is 1. The summed E-state index contributed by atoms with van der Waals surface area (Å²) >= 11 is 3.29. The molecule has 0 spiro atoms. The Balaban J connectivity index is 2.06. The lowest BCUT2D eigenvalue weighted by Crippen LogP contribution is -2.25. The minimum absolute atomic E-state index is 0.320. The van der Waals surface area contributed by atoms with Gasteiger partial charge in [-0.05, 0) is 24.1 Å². The summed E-state index contributed by atoms with van der Waals surface area (Å²) in [6.45, 7) is 4.31. The Morgan fingerprint density at radius 3 is 2.63 bits per heavy atom. The number of nitrogens with one attached hydrogen (secondary N) is 1. The van der Waals surface area contributed by atoms with E-state index in [9.17, 15) is 0 Å². The fraction of sp³-hybridized carbons (Fsp3) is 0.429. The van der Waals surface area contributed by atoms with E-state index in [0.717, 1.165) is 16.6 Å². The molecule has 1 aromatic carbocycles. The van der Waals surface area contributed by atoms with Gasteiger partial charge in [-0.25, -0.2) is 4.98 Å². The third kappa shape index (κ3) is 3.78. The Morgan fingerprint density at radius 1 is 1.32 bits per heavy atom. The van der Waals surface area contributed by atoms with E-state index in [1.165, 1.54) is 17.1 Å². The van der Waals surface area contributed by atoms with Gasteiger partial charge in [-0.2, -0.15) is 4.37 Å². The maximum absolute atomic E-state index is 4.52. The number of aromatic nitrogens is 2. The summed E-state index contributed by atoms with van der Waals surface area (Å²) < 4.78 is 5.39. The van der Waals surface area contributed by atoms with Crippen LogP contribution in [0.3, 0.4) is 0 Å². The molecule has 3 nitrogen and oxygen atoms in total. The predicted molar refractivity (Wildman–Crippen MR) is 82.8 cm³/mol. The summed E-state index contributed by atoms with van der Waals surface area (Å²) in [6.07, 6.45) is 0.902. The van der Waals surface area contributed by atoms with Gasteiger partial charge < -0.3 is 5.32 Å². The quantitative estimate of drug-likeness (QED) is 0.827. The van der Waals surface area contributed by atoms with E-state index in [1.54, 1.807) is 11.8 Å². The van der Waals surface area contributed by atoms with Crippen LogP contribution in [-0.2, 0) is 6.42 Å². The van der Waals surface area contributed by atoms with Crippen molar-refractivity contribution in [2.24, 2.45) is 0 Å². The highest BCUT2D eigenvalue weighted by atomic mass is 32.2. The zero-order valence-corrected chi connectivity index (χ0v) is 13.1. The number of nitrogens with zero attached hydrogens (tertiary/aromatic N) is 2. The smallest absolute Gasteiger partial charge is 0.170 e. The van der Waals surface area contributed by atoms with E-state index >= 15 is 0 Å². The second-order valence-corrected chi connectivity index (χ2v) is 6.71. The second-order valence-electron chi connectivity index (χ2n) is 4.33. The van der Waals surface area contributed by atoms with Gasteiger partial charge in [0.15, 0.2) is 4.34 Å². The number of aryl methyl sites for hydroxylation is 1. The zero-order valence-electron chi connectivity index (χ0n) is 11.5. The molecule has 1 N–H and O–H groups in total. The van der Waals surface area contributed by atoms with Gasteiger partial charge in [-0.15, -0.1) is 0 Å². The van der Waals surface area contributed by atoms with Crippen LogP contribution in [0.4, 0.5) is 0 Å². The fourth-order valence-corrected chi connectivity index (χ4v) is 4.13. The van der Waals surface area contributed by atoms with Gasteiger partial charge in [-0.1, -0.05) is 55.9 Å².